The Bertz CT molecular complexity index is 142. The van der Waals surface area contributed by atoms with Crippen molar-refractivity contribution in [2.45, 2.75) is 13.8 Å². The van der Waals surface area contributed by atoms with Crippen LogP contribution in [0.15, 0.2) is 18.3 Å². The average Bonchev–Trinajstić information content (AvgIpc) is 1.94. The zero-order valence-electron chi connectivity index (χ0n) is 6.16. The molecule has 0 atom stereocenters. The van der Waals surface area contributed by atoms with Gasteiger partial charge >= 0.3 is 0 Å². The number of hydrogen-bond acceptors (Lipinski definition) is 2. The fraction of sp³-hybridized carbons (Fsp3) is 0.286. The topological polar surface area (TPSA) is 38.9 Å². The van der Waals surface area contributed by atoms with Gasteiger partial charge in [0.05, 0.1) is 0 Å². The van der Waals surface area contributed by atoms with Crippen LogP contribution in [-0.4, -0.2) is 4.98 Å². The van der Waals surface area contributed by atoms with E-state index in [0.717, 1.165) is 0 Å². The number of anilines is 1. The maximum Gasteiger partial charge on any atom is 0 e. The van der Waals surface area contributed by atoms with Gasteiger partial charge in [0.25, 0.3) is 0 Å². The van der Waals surface area contributed by atoms with Gasteiger partial charge in [0, 0.05) is 21.1 Å². The molecule has 0 spiro atoms. The van der Waals surface area contributed by atoms with Gasteiger partial charge in [0.1, 0.15) is 0 Å². The van der Waals surface area contributed by atoms with E-state index in [4.69, 9.17) is 5.73 Å². The van der Waals surface area contributed by atoms with E-state index in [2.05, 4.69) is 11.2 Å². The molecule has 0 saturated heterocycles. The summed E-state index contributed by atoms with van der Waals surface area (Å²) in [6.45, 7) is 4.00. The SMILES string of the molecule is CC.Nc1cc[c-]nc1.[W]. The Balaban J connectivity index is 0. The van der Waals surface area contributed by atoms with Crippen molar-refractivity contribution >= 4 is 5.69 Å². The van der Waals surface area contributed by atoms with Gasteiger partial charge in [-0.1, -0.05) is 31.9 Å². The minimum Gasteiger partial charge on any atom is -0.418 e. The monoisotopic (exact) mass is 307 g/mol. The molecule has 1 aromatic heterocycles. The van der Waals surface area contributed by atoms with Gasteiger partial charge in [-0.25, -0.2) is 0 Å². The molecule has 0 radical (unpaired) electrons. The first-order valence-electron chi connectivity index (χ1n) is 2.97. The van der Waals surface area contributed by atoms with E-state index in [-0.39, 0.29) is 21.1 Å². The summed E-state index contributed by atoms with van der Waals surface area (Å²) >= 11 is 0. The first kappa shape index (κ1) is 12.3. The molecule has 1 rings (SSSR count). The molecule has 0 aliphatic heterocycles. The second-order valence-corrected chi connectivity index (χ2v) is 1.22. The Labute approximate surface area is 76.1 Å². The predicted molar refractivity (Wildman–Crippen MR) is 38.8 cm³/mol. The van der Waals surface area contributed by atoms with Crippen molar-refractivity contribution in [2.24, 2.45) is 0 Å². The van der Waals surface area contributed by atoms with Crippen LogP contribution in [0, 0.1) is 6.20 Å². The van der Waals surface area contributed by atoms with Crippen LogP contribution >= 0.6 is 0 Å². The van der Waals surface area contributed by atoms with Crippen molar-refractivity contribution in [3.05, 3.63) is 24.5 Å². The molecule has 0 unspecified atom stereocenters. The number of hydrogen-bond donors (Lipinski definition) is 1. The molecule has 0 fully saturated rings. The van der Waals surface area contributed by atoms with E-state index in [1.165, 1.54) is 0 Å². The van der Waals surface area contributed by atoms with E-state index in [0.29, 0.717) is 5.69 Å². The van der Waals surface area contributed by atoms with Gasteiger partial charge in [-0.3, -0.25) is 0 Å². The summed E-state index contributed by atoms with van der Waals surface area (Å²) in [4.78, 5) is 3.63. The minimum absolute atomic E-state index is 0. The zero-order valence-corrected chi connectivity index (χ0v) is 9.10. The summed E-state index contributed by atoms with van der Waals surface area (Å²) in [6.07, 6.45) is 4.16. The molecule has 0 bridgehead atoms. The second kappa shape index (κ2) is 8.64. The molecule has 3 heteroatoms. The van der Waals surface area contributed by atoms with Crippen LogP contribution in [-0.2, 0) is 21.1 Å². The van der Waals surface area contributed by atoms with Gasteiger partial charge in [-0.2, -0.15) is 6.07 Å². The standard InChI is InChI=1S/C5H5N2.C2H6.W/c6-5-2-1-3-7-4-5;1-2;/h1-2,4H,6H2;1-2H3;/q-1;;. The van der Waals surface area contributed by atoms with Crippen LogP contribution in [0.5, 0.6) is 0 Å². The van der Waals surface area contributed by atoms with Gasteiger partial charge in [0.15, 0.2) is 0 Å². The molecular formula is C7H11N2W-. The third kappa shape index (κ3) is 5.77. The van der Waals surface area contributed by atoms with E-state index >= 15 is 0 Å². The molecule has 10 heavy (non-hydrogen) atoms. The maximum atomic E-state index is 5.28. The maximum absolute atomic E-state index is 5.28. The second-order valence-electron chi connectivity index (χ2n) is 1.22. The fourth-order valence-corrected chi connectivity index (χ4v) is 0.331. The third-order valence-electron chi connectivity index (χ3n) is 0.638. The Morgan fingerprint density at radius 3 is 2.30 bits per heavy atom. The summed E-state index contributed by atoms with van der Waals surface area (Å²) in [6, 6.07) is 3.42. The van der Waals surface area contributed by atoms with Crippen LogP contribution in [0.3, 0.4) is 0 Å². The number of nitrogens with two attached hydrogens (primary N) is 1. The summed E-state index contributed by atoms with van der Waals surface area (Å²) in [5.74, 6) is 0. The van der Waals surface area contributed by atoms with E-state index in [1.54, 1.807) is 18.3 Å². The fourth-order valence-electron chi connectivity index (χ4n) is 0.331. The minimum atomic E-state index is 0. The smallest absolute Gasteiger partial charge is 0 e. The molecule has 56 valence electrons. The molecule has 2 N–H and O–H groups in total. The Hall–Kier alpha value is -0.362. The van der Waals surface area contributed by atoms with Crippen molar-refractivity contribution in [1.82, 2.24) is 4.98 Å². The van der Waals surface area contributed by atoms with Crippen LogP contribution in [0.1, 0.15) is 13.8 Å². The summed E-state index contributed by atoms with van der Waals surface area (Å²) in [5.41, 5.74) is 5.95. The van der Waals surface area contributed by atoms with Gasteiger partial charge < -0.3 is 10.7 Å². The Kier molecular flexibility index (Phi) is 10.6. The van der Waals surface area contributed by atoms with Crippen LogP contribution < -0.4 is 5.73 Å². The molecule has 2 nitrogen and oxygen atoms in total. The van der Waals surface area contributed by atoms with E-state index < -0.39 is 0 Å². The summed E-state index contributed by atoms with van der Waals surface area (Å²) in [7, 11) is 0. The van der Waals surface area contributed by atoms with Gasteiger partial charge in [0.2, 0.25) is 0 Å². The first-order chi connectivity index (χ1) is 4.39. The van der Waals surface area contributed by atoms with Crippen LogP contribution in [0.2, 0.25) is 0 Å². The molecule has 0 aliphatic carbocycles. The average molecular weight is 307 g/mol. The zero-order chi connectivity index (χ0) is 7.11. The largest absolute Gasteiger partial charge is 0.418 e. The van der Waals surface area contributed by atoms with Gasteiger partial charge in [-0.15, -0.1) is 6.07 Å². The number of aromatic nitrogens is 1. The number of pyridine rings is 1. The van der Waals surface area contributed by atoms with Crippen molar-refractivity contribution in [2.75, 3.05) is 5.73 Å². The van der Waals surface area contributed by atoms with Crippen molar-refractivity contribution in [3.8, 4) is 0 Å². The third-order valence-corrected chi connectivity index (χ3v) is 0.638. The van der Waals surface area contributed by atoms with Crippen molar-refractivity contribution in [1.29, 1.82) is 0 Å². The molecular weight excluding hydrogens is 296 g/mol. The van der Waals surface area contributed by atoms with E-state index in [1.807, 2.05) is 13.8 Å². The molecule has 0 saturated carbocycles. The van der Waals surface area contributed by atoms with Crippen molar-refractivity contribution in [3.63, 3.8) is 0 Å². The predicted octanol–water partition coefficient (Wildman–Crippen LogP) is 1.49. The van der Waals surface area contributed by atoms with Crippen molar-refractivity contribution < 1.29 is 21.1 Å². The van der Waals surface area contributed by atoms with E-state index in [9.17, 15) is 0 Å². The molecule has 1 aromatic rings. The summed E-state index contributed by atoms with van der Waals surface area (Å²) < 4.78 is 0. The Morgan fingerprint density at radius 2 is 2.10 bits per heavy atom. The number of rotatable bonds is 0. The molecule has 1 heterocycles. The number of nitrogens with zero attached hydrogens (tertiary/aromatic N) is 1. The Morgan fingerprint density at radius 1 is 1.50 bits per heavy atom. The summed E-state index contributed by atoms with van der Waals surface area (Å²) in [5, 5.41) is 0. The molecule has 0 aromatic carbocycles. The first-order valence-corrected chi connectivity index (χ1v) is 2.97. The number of nitrogen functional groups attached to an aromatic ring is 1. The quantitative estimate of drug-likeness (QED) is 0.738. The van der Waals surface area contributed by atoms with Crippen LogP contribution in [0.4, 0.5) is 5.69 Å². The molecule has 0 amide bonds. The van der Waals surface area contributed by atoms with Crippen LogP contribution in [0.25, 0.3) is 0 Å². The normalized spacial score (nSPS) is 6.60. The van der Waals surface area contributed by atoms with Gasteiger partial charge in [-0.05, 0) is 0 Å². The molecule has 0 aliphatic rings.